The highest BCUT2D eigenvalue weighted by atomic mass is 16.5. The molecule has 0 aromatic carbocycles. The molecule has 3 unspecified atom stereocenters. The van der Waals surface area contributed by atoms with Crippen molar-refractivity contribution in [2.45, 2.75) is 31.5 Å². The van der Waals surface area contributed by atoms with Crippen LogP contribution in [0.3, 0.4) is 0 Å². The highest BCUT2D eigenvalue weighted by molar-refractivity contribution is 5.12. The van der Waals surface area contributed by atoms with E-state index in [1.807, 2.05) is 18.3 Å². The van der Waals surface area contributed by atoms with Gasteiger partial charge in [0.1, 0.15) is 0 Å². The first-order chi connectivity index (χ1) is 10.3. The fourth-order valence-electron chi connectivity index (χ4n) is 3.60. The molecule has 2 saturated heterocycles. The van der Waals surface area contributed by atoms with Gasteiger partial charge in [0.25, 0.3) is 0 Å². The van der Waals surface area contributed by atoms with Crippen LogP contribution in [0, 0.1) is 0 Å². The normalized spacial score (nSPS) is 27.6. The lowest BCUT2D eigenvalue weighted by Gasteiger charge is -2.34. The number of nitrogens with zero attached hydrogens (tertiary/aromatic N) is 3. The molecule has 0 amide bonds. The molecule has 0 bridgehead atoms. The average molecular weight is 290 g/mol. The Morgan fingerprint density at radius 1 is 1.29 bits per heavy atom. The number of ether oxygens (including phenoxy) is 1. The van der Waals surface area contributed by atoms with Gasteiger partial charge in [0, 0.05) is 44.5 Å². The van der Waals surface area contributed by atoms with E-state index in [4.69, 9.17) is 10.5 Å². The number of nitrogens with two attached hydrogens (primary N) is 1. The van der Waals surface area contributed by atoms with Crippen LogP contribution in [0.1, 0.15) is 25.1 Å². The quantitative estimate of drug-likeness (QED) is 0.892. The van der Waals surface area contributed by atoms with Crippen molar-refractivity contribution in [3.05, 3.63) is 30.1 Å². The Morgan fingerprint density at radius 2 is 2.10 bits per heavy atom. The minimum atomic E-state index is 0.0864. The van der Waals surface area contributed by atoms with Gasteiger partial charge in [0.15, 0.2) is 0 Å². The zero-order chi connectivity index (χ0) is 14.7. The average Bonchev–Trinajstić information content (AvgIpc) is 2.98. The van der Waals surface area contributed by atoms with Crippen molar-refractivity contribution < 1.29 is 4.74 Å². The van der Waals surface area contributed by atoms with Crippen molar-refractivity contribution >= 4 is 0 Å². The smallest absolute Gasteiger partial charge is 0.0671 e. The molecule has 116 valence electrons. The Balaban J connectivity index is 1.68. The second-order valence-electron chi connectivity index (χ2n) is 6.14. The molecule has 1 aromatic heterocycles. The van der Waals surface area contributed by atoms with Crippen molar-refractivity contribution in [1.82, 2.24) is 14.8 Å². The van der Waals surface area contributed by atoms with E-state index in [0.717, 1.165) is 45.1 Å². The summed E-state index contributed by atoms with van der Waals surface area (Å²) in [4.78, 5) is 9.60. The van der Waals surface area contributed by atoms with E-state index in [0.29, 0.717) is 6.04 Å². The number of rotatable bonds is 4. The molecule has 0 spiro atoms. The van der Waals surface area contributed by atoms with Crippen LogP contribution < -0.4 is 5.73 Å². The summed E-state index contributed by atoms with van der Waals surface area (Å²) in [5, 5.41) is 0. The fraction of sp³-hybridized carbons (Fsp3) is 0.688. The first-order valence-corrected chi connectivity index (χ1v) is 7.98. The van der Waals surface area contributed by atoms with Crippen LogP contribution in [0.5, 0.6) is 0 Å². The van der Waals surface area contributed by atoms with E-state index in [9.17, 15) is 0 Å². The lowest BCUT2D eigenvalue weighted by Crippen LogP contribution is -2.46. The summed E-state index contributed by atoms with van der Waals surface area (Å²) in [6, 6.07) is 7.05. The number of hydrogen-bond acceptors (Lipinski definition) is 5. The molecule has 3 rings (SSSR count). The van der Waals surface area contributed by atoms with Gasteiger partial charge in [0.2, 0.25) is 0 Å². The number of hydrogen-bond donors (Lipinski definition) is 1. The minimum Gasteiger partial charge on any atom is -0.379 e. The van der Waals surface area contributed by atoms with Crippen LogP contribution in [0.15, 0.2) is 24.4 Å². The standard InChI is InChI=1S/C16H26N4O/c1-13(17)16(15-4-2-3-6-18-15)20-7-5-14(12-20)19-8-10-21-11-9-19/h2-4,6,13-14,16H,5,7-12,17H2,1H3. The molecule has 5 nitrogen and oxygen atoms in total. The molecule has 21 heavy (non-hydrogen) atoms. The number of likely N-dealkylation sites (tertiary alicyclic amines) is 1. The summed E-state index contributed by atoms with van der Waals surface area (Å²) in [6.45, 7) is 8.13. The number of aromatic nitrogens is 1. The molecular formula is C16H26N4O. The predicted octanol–water partition coefficient (Wildman–Crippen LogP) is 0.876. The van der Waals surface area contributed by atoms with Gasteiger partial charge in [-0.15, -0.1) is 0 Å². The van der Waals surface area contributed by atoms with Gasteiger partial charge in [0.05, 0.1) is 24.9 Å². The topological polar surface area (TPSA) is 54.6 Å². The molecule has 5 heteroatoms. The monoisotopic (exact) mass is 290 g/mol. The Morgan fingerprint density at radius 3 is 2.76 bits per heavy atom. The molecule has 2 N–H and O–H groups in total. The van der Waals surface area contributed by atoms with Gasteiger partial charge in [-0.3, -0.25) is 14.8 Å². The minimum absolute atomic E-state index is 0.0864. The van der Waals surface area contributed by atoms with Crippen LogP contribution in [0.4, 0.5) is 0 Å². The van der Waals surface area contributed by atoms with Crippen molar-refractivity contribution in [2.24, 2.45) is 5.73 Å². The molecular weight excluding hydrogens is 264 g/mol. The third-order valence-electron chi connectivity index (χ3n) is 4.64. The molecule has 0 radical (unpaired) electrons. The van der Waals surface area contributed by atoms with Crippen LogP contribution in [-0.4, -0.2) is 66.3 Å². The van der Waals surface area contributed by atoms with Crippen LogP contribution in [0.2, 0.25) is 0 Å². The van der Waals surface area contributed by atoms with Crippen LogP contribution >= 0.6 is 0 Å². The maximum Gasteiger partial charge on any atom is 0.0671 e. The summed E-state index contributed by atoms with van der Waals surface area (Å²) < 4.78 is 5.46. The molecule has 2 fully saturated rings. The molecule has 3 atom stereocenters. The Hall–Kier alpha value is -1.01. The van der Waals surface area contributed by atoms with Gasteiger partial charge < -0.3 is 10.5 Å². The maximum atomic E-state index is 6.26. The molecule has 3 heterocycles. The van der Waals surface area contributed by atoms with Crippen molar-refractivity contribution in [1.29, 1.82) is 0 Å². The highest BCUT2D eigenvalue weighted by Gasteiger charge is 2.34. The van der Waals surface area contributed by atoms with Gasteiger partial charge in [-0.1, -0.05) is 6.07 Å². The van der Waals surface area contributed by atoms with E-state index in [1.54, 1.807) is 0 Å². The summed E-state index contributed by atoms with van der Waals surface area (Å²) in [5.74, 6) is 0. The van der Waals surface area contributed by atoms with Crippen molar-refractivity contribution in [2.75, 3.05) is 39.4 Å². The lowest BCUT2D eigenvalue weighted by atomic mass is 10.0. The first-order valence-electron chi connectivity index (χ1n) is 7.98. The molecule has 2 aliphatic heterocycles. The van der Waals surface area contributed by atoms with E-state index in [1.165, 1.54) is 6.42 Å². The second-order valence-corrected chi connectivity index (χ2v) is 6.14. The predicted molar refractivity (Wildman–Crippen MR) is 83.0 cm³/mol. The zero-order valence-corrected chi connectivity index (χ0v) is 12.8. The number of morpholine rings is 1. The van der Waals surface area contributed by atoms with Gasteiger partial charge in [-0.2, -0.15) is 0 Å². The third-order valence-corrected chi connectivity index (χ3v) is 4.64. The summed E-state index contributed by atoms with van der Waals surface area (Å²) in [6.07, 6.45) is 3.08. The summed E-state index contributed by atoms with van der Waals surface area (Å²) in [5.41, 5.74) is 7.35. The Bertz CT molecular complexity index is 433. The Kier molecular flexibility index (Phi) is 4.85. The van der Waals surface area contributed by atoms with Gasteiger partial charge in [-0.05, 0) is 25.5 Å². The molecule has 1 aromatic rings. The second kappa shape index (κ2) is 6.83. The van der Waals surface area contributed by atoms with Crippen molar-refractivity contribution in [3.8, 4) is 0 Å². The lowest BCUT2D eigenvalue weighted by molar-refractivity contribution is 0.0172. The third kappa shape index (κ3) is 3.43. The Labute approximate surface area is 127 Å². The largest absolute Gasteiger partial charge is 0.379 e. The zero-order valence-electron chi connectivity index (χ0n) is 12.8. The van der Waals surface area contributed by atoms with Crippen LogP contribution in [-0.2, 0) is 4.74 Å². The number of pyridine rings is 1. The van der Waals surface area contributed by atoms with E-state index in [2.05, 4.69) is 27.8 Å². The SMILES string of the molecule is CC(N)C(c1ccccn1)N1CCC(N2CCOCC2)C1. The highest BCUT2D eigenvalue weighted by Crippen LogP contribution is 2.28. The molecule has 0 saturated carbocycles. The fourth-order valence-corrected chi connectivity index (χ4v) is 3.60. The molecule has 0 aliphatic carbocycles. The maximum absolute atomic E-state index is 6.26. The molecule has 2 aliphatic rings. The van der Waals surface area contributed by atoms with E-state index < -0.39 is 0 Å². The van der Waals surface area contributed by atoms with Gasteiger partial charge in [-0.25, -0.2) is 0 Å². The van der Waals surface area contributed by atoms with E-state index >= 15 is 0 Å². The van der Waals surface area contributed by atoms with Crippen molar-refractivity contribution in [3.63, 3.8) is 0 Å². The van der Waals surface area contributed by atoms with E-state index in [-0.39, 0.29) is 12.1 Å². The summed E-state index contributed by atoms with van der Waals surface area (Å²) >= 11 is 0. The van der Waals surface area contributed by atoms with Gasteiger partial charge >= 0.3 is 0 Å². The van der Waals surface area contributed by atoms with Crippen LogP contribution in [0.25, 0.3) is 0 Å². The first kappa shape index (κ1) is 14.9. The summed E-state index contributed by atoms with van der Waals surface area (Å²) in [7, 11) is 0.